The van der Waals surface area contributed by atoms with Gasteiger partial charge in [0.25, 0.3) is 0 Å². The zero-order valence-electron chi connectivity index (χ0n) is 19.4. The summed E-state index contributed by atoms with van der Waals surface area (Å²) in [7, 11) is 1.58. The molecule has 0 spiro atoms. The van der Waals surface area contributed by atoms with E-state index >= 15 is 0 Å². The summed E-state index contributed by atoms with van der Waals surface area (Å²) in [5.41, 5.74) is 0.544. The topological polar surface area (TPSA) is 67.8 Å². The third-order valence-corrected chi connectivity index (χ3v) is 5.37. The highest BCUT2D eigenvalue weighted by Gasteiger charge is 2.32. The molecule has 3 atom stereocenters. The summed E-state index contributed by atoms with van der Waals surface area (Å²) < 4.78 is 11.2. The number of hydrogen-bond acceptors (Lipinski definition) is 4. The minimum absolute atomic E-state index is 0.186. The number of ether oxygens (including phenoxy) is 2. The van der Waals surface area contributed by atoms with Gasteiger partial charge in [-0.3, -0.25) is 4.79 Å². The van der Waals surface area contributed by atoms with Gasteiger partial charge in [-0.25, -0.2) is 0 Å². The van der Waals surface area contributed by atoms with Gasteiger partial charge in [-0.15, -0.1) is 0 Å². The number of aliphatic hydroxyl groups is 1. The van der Waals surface area contributed by atoms with E-state index in [0.717, 1.165) is 29.7 Å². The molecule has 0 saturated heterocycles. The Morgan fingerprint density at radius 3 is 2.23 bits per heavy atom. The molecule has 5 nitrogen and oxygen atoms in total. The normalized spacial score (nSPS) is 14.5. The first-order chi connectivity index (χ1) is 14.8. The molecule has 31 heavy (non-hydrogen) atoms. The van der Waals surface area contributed by atoms with Crippen LogP contribution in [0.15, 0.2) is 54.6 Å². The maximum absolute atomic E-state index is 13.1. The molecule has 2 aromatic rings. The van der Waals surface area contributed by atoms with Crippen molar-refractivity contribution in [2.24, 2.45) is 5.92 Å². The number of rotatable bonds is 12. The number of nitrogens with one attached hydrogen (secondary N) is 1. The van der Waals surface area contributed by atoms with Gasteiger partial charge in [0.1, 0.15) is 5.75 Å². The lowest BCUT2D eigenvalue weighted by Gasteiger charge is -2.32. The number of methoxy groups -OCH3 is 1. The Morgan fingerprint density at radius 2 is 1.68 bits per heavy atom. The maximum atomic E-state index is 13.1. The molecule has 0 aliphatic carbocycles. The number of carbonyl (C=O) groups is 1. The predicted octanol–water partition coefficient (Wildman–Crippen LogP) is 4.86. The van der Waals surface area contributed by atoms with E-state index in [0.29, 0.717) is 12.5 Å². The van der Waals surface area contributed by atoms with Crippen LogP contribution in [0.4, 0.5) is 0 Å². The summed E-state index contributed by atoms with van der Waals surface area (Å²) >= 11 is 0. The van der Waals surface area contributed by atoms with Gasteiger partial charge in [0.2, 0.25) is 5.91 Å². The quantitative estimate of drug-likeness (QED) is 0.508. The molecule has 0 aromatic heterocycles. The molecule has 0 aliphatic rings. The van der Waals surface area contributed by atoms with Crippen molar-refractivity contribution >= 4 is 5.91 Å². The van der Waals surface area contributed by atoms with Crippen LogP contribution in [0, 0.1) is 5.92 Å². The highest BCUT2D eigenvalue weighted by atomic mass is 16.5. The van der Waals surface area contributed by atoms with Crippen LogP contribution in [-0.2, 0) is 9.53 Å². The van der Waals surface area contributed by atoms with Crippen LogP contribution in [0.1, 0.15) is 63.6 Å². The van der Waals surface area contributed by atoms with Gasteiger partial charge in [0, 0.05) is 7.11 Å². The molecule has 170 valence electrons. The van der Waals surface area contributed by atoms with Gasteiger partial charge < -0.3 is 19.9 Å². The smallest absolute Gasteiger partial charge is 0.230 e. The van der Waals surface area contributed by atoms with Crippen molar-refractivity contribution in [1.82, 2.24) is 5.32 Å². The lowest BCUT2D eigenvalue weighted by Crippen LogP contribution is -2.44. The van der Waals surface area contributed by atoms with Gasteiger partial charge in [0.15, 0.2) is 0 Å². The van der Waals surface area contributed by atoms with Crippen molar-refractivity contribution in [3.8, 4) is 5.75 Å². The van der Waals surface area contributed by atoms with Crippen molar-refractivity contribution in [1.29, 1.82) is 0 Å². The monoisotopic (exact) mass is 427 g/mol. The molecule has 0 aliphatic heterocycles. The molecular weight excluding hydrogens is 390 g/mol. The molecule has 0 heterocycles. The van der Waals surface area contributed by atoms with Crippen LogP contribution in [0.3, 0.4) is 0 Å². The van der Waals surface area contributed by atoms with Gasteiger partial charge >= 0.3 is 0 Å². The fourth-order valence-electron chi connectivity index (χ4n) is 3.66. The average molecular weight is 428 g/mol. The second-order valence-electron chi connectivity index (χ2n) is 8.79. The van der Waals surface area contributed by atoms with Crippen LogP contribution in [0.2, 0.25) is 0 Å². The number of benzene rings is 2. The third-order valence-electron chi connectivity index (χ3n) is 5.37. The summed E-state index contributed by atoms with van der Waals surface area (Å²) in [6, 6.07) is 16.5. The van der Waals surface area contributed by atoms with E-state index < -0.39 is 17.6 Å². The van der Waals surface area contributed by atoms with Crippen molar-refractivity contribution in [3.63, 3.8) is 0 Å². The Morgan fingerprint density at radius 1 is 1.03 bits per heavy atom. The van der Waals surface area contributed by atoms with Crippen LogP contribution >= 0.6 is 0 Å². The first-order valence-electron chi connectivity index (χ1n) is 11.1. The van der Waals surface area contributed by atoms with Crippen molar-refractivity contribution in [3.05, 3.63) is 65.7 Å². The Hall–Kier alpha value is -2.37. The van der Waals surface area contributed by atoms with Crippen LogP contribution in [0.25, 0.3) is 0 Å². The standard InChI is InChI=1S/C26H37NO4/c1-6-10-19(2)17-31-22-15-13-21(14-16-22)24(26(3,4)29)27-25(28)23(18-30-5)20-11-8-7-9-12-20/h7-9,11-16,19,23-24,29H,6,10,17-18H2,1-5H3,(H,27,28)/t19?,23-,24?/m0/s1. The zero-order chi connectivity index (χ0) is 22.9. The van der Waals surface area contributed by atoms with E-state index in [9.17, 15) is 9.90 Å². The molecule has 2 rings (SSSR count). The Labute approximate surface area is 186 Å². The van der Waals surface area contributed by atoms with Crippen LogP contribution < -0.4 is 10.1 Å². The summed E-state index contributed by atoms with van der Waals surface area (Å²) in [4.78, 5) is 13.1. The molecule has 0 bridgehead atoms. The Balaban J connectivity index is 2.15. The zero-order valence-corrected chi connectivity index (χ0v) is 19.4. The molecule has 0 radical (unpaired) electrons. The maximum Gasteiger partial charge on any atom is 0.230 e. The number of carbonyl (C=O) groups excluding carboxylic acids is 1. The van der Waals surface area contributed by atoms with E-state index in [4.69, 9.17) is 9.47 Å². The predicted molar refractivity (Wildman–Crippen MR) is 124 cm³/mol. The van der Waals surface area contributed by atoms with Crippen LogP contribution in [-0.4, -0.2) is 36.9 Å². The summed E-state index contributed by atoms with van der Waals surface area (Å²) in [5.74, 6) is 0.644. The molecule has 1 amide bonds. The van der Waals surface area contributed by atoms with Crippen molar-refractivity contribution in [2.45, 2.75) is 58.1 Å². The number of hydrogen-bond donors (Lipinski definition) is 2. The van der Waals surface area contributed by atoms with Gasteiger partial charge in [-0.1, -0.05) is 62.7 Å². The molecule has 2 aromatic carbocycles. The first kappa shape index (κ1) is 24.9. The Kier molecular flexibility index (Phi) is 9.53. The lowest BCUT2D eigenvalue weighted by molar-refractivity contribution is -0.126. The van der Waals surface area contributed by atoms with E-state index in [1.807, 2.05) is 54.6 Å². The van der Waals surface area contributed by atoms with Gasteiger partial charge in [0.05, 0.1) is 30.8 Å². The van der Waals surface area contributed by atoms with Gasteiger partial charge in [-0.2, -0.15) is 0 Å². The summed E-state index contributed by atoms with van der Waals surface area (Å²) in [5, 5.41) is 13.8. The van der Waals surface area contributed by atoms with E-state index in [-0.39, 0.29) is 12.5 Å². The van der Waals surface area contributed by atoms with E-state index in [1.165, 1.54) is 0 Å². The highest BCUT2D eigenvalue weighted by molar-refractivity contribution is 5.84. The minimum atomic E-state index is -1.15. The molecular formula is C26H37NO4. The lowest BCUT2D eigenvalue weighted by atomic mass is 9.90. The largest absolute Gasteiger partial charge is 0.493 e. The SMILES string of the molecule is CCCC(C)COc1ccc(C(NC(=O)[C@@H](COC)c2ccccc2)C(C)(C)O)cc1. The minimum Gasteiger partial charge on any atom is -0.493 e. The summed E-state index contributed by atoms with van der Waals surface area (Å²) in [6.45, 7) is 8.68. The second-order valence-corrected chi connectivity index (χ2v) is 8.79. The van der Waals surface area contributed by atoms with E-state index in [2.05, 4.69) is 19.2 Å². The van der Waals surface area contributed by atoms with Gasteiger partial charge in [-0.05, 0) is 49.4 Å². The van der Waals surface area contributed by atoms with Crippen molar-refractivity contribution in [2.75, 3.05) is 20.3 Å². The fourth-order valence-corrected chi connectivity index (χ4v) is 3.66. The van der Waals surface area contributed by atoms with Crippen LogP contribution in [0.5, 0.6) is 5.75 Å². The second kappa shape index (κ2) is 11.9. The molecule has 5 heteroatoms. The third kappa shape index (κ3) is 7.67. The van der Waals surface area contributed by atoms with Crippen molar-refractivity contribution < 1.29 is 19.4 Å². The molecule has 2 N–H and O–H groups in total. The Bertz CT molecular complexity index is 783. The molecule has 0 saturated carbocycles. The highest BCUT2D eigenvalue weighted by Crippen LogP contribution is 2.29. The first-order valence-corrected chi connectivity index (χ1v) is 11.1. The summed E-state index contributed by atoms with van der Waals surface area (Å²) in [6.07, 6.45) is 2.28. The molecule has 2 unspecified atom stereocenters. The number of amides is 1. The molecule has 0 fully saturated rings. The fraction of sp³-hybridized carbons (Fsp3) is 0.500. The average Bonchev–Trinajstić information content (AvgIpc) is 2.74. The van der Waals surface area contributed by atoms with E-state index in [1.54, 1.807) is 21.0 Å².